The number of allylic oxidation sites excluding steroid dienone is 1. The Morgan fingerprint density at radius 2 is 1.89 bits per heavy atom. The quantitative estimate of drug-likeness (QED) is 0.385. The van der Waals surface area contributed by atoms with Gasteiger partial charge < -0.3 is 9.47 Å². The van der Waals surface area contributed by atoms with Crippen LogP contribution in [0.15, 0.2) is 23.8 Å². The zero-order chi connectivity index (χ0) is 21.2. The first-order valence-corrected chi connectivity index (χ1v) is 10.3. The summed E-state index contributed by atoms with van der Waals surface area (Å²) in [5.74, 6) is -0.388. The van der Waals surface area contributed by atoms with Crippen molar-refractivity contribution in [2.24, 2.45) is 29.6 Å². The molecular weight excluding hydrogens is 356 g/mol. The molecule has 2 rings (SSSR count). The molecule has 6 atom stereocenters. The highest BCUT2D eigenvalue weighted by molar-refractivity contribution is 5.86. The highest BCUT2D eigenvalue weighted by atomic mass is 16.5. The maximum atomic E-state index is 12.8. The van der Waals surface area contributed by atoms with Crippen LogP contribution >= 0.6 is 0 Å². The van der Waals surface area contributed by atoms with Gasteiger partial charge in [0.05, 0.1) is 5.92 Å². The number of carbonyl (C=O) groups excluding carboxylic acids is 3. The van der Waals surface area contributed by atoms with E-state index in [0.29, 0.717) is 18.8 Å². The van der Waals surface area contributed by atoms with Gasteiger partial charge in [-0.05, 0) is 55.9 Å². The second-order valence-corrected chi connectivity index (χ2v) is 8.68. The van der Waals surface area contributed by atoms with Crippen molar-refractivity contribution in [3.8, 4) is 0 Å². The number of hydrogen-bond donors (Lipinski definition) is 0. The number of hydrogen-bond acceptors (Lipinski definition) is 5. The first-order valence-electron chi connectivity index (χ1n) is 10.3. The van der Waals surface area contributed by atoms with Gasteiger partial charge in [-0.2, -0.15) is 0 Å². The molecule has 0 bridgehead atoms. The minimum absolute atomic E-state index is 0.0364. The Balaban J connectivity index is 2.26. The van der Waals surface area contributed by atoms with Gasteiger partial charge in [-0.25, -0.2) is 4.79 Å². The van der Waals surface area contributed by atoms with Crippen LogP contribution in [0.2, 0.25) is 0 Å². The third kappa shape index (κ3) is 4.73. The van der Waals surface area contributed by atoms with E-state index in [1.54, 1.807) is 6.92 Å². The predicted molar refractivity (Wildman–Crippen MR) is 107 cm³/mol. The van der Waals surface area contributed by atoms with E-state index in [0.717, 1.165) is 17.6 Å². The van der Waals surface area contributed by atoms with Gasteiger partial charge in [-0.3, -0.25) is 9.59 Å². The van der Waals surface area contributed by atoms with Crippen molar-refractivity contribution in [1.29, 1.82) is 0 Å². The van der Waals surface area contributed by atoms with E-state index in [9.17, 15) is 14.4 Å². The van der Waals surface area contributed by atoms with Crippen LogP contribution < -0.4 is 0 Å². The molecule has 2 aliphatic rings. The molecule has 2 fully saturated rings. The third-order valence-corrected chi connectivity index (χ3v) is 6.44. The lowest BCUT2D eigenvalue weighted by Gasteiger charge is -2.44. The Kier molecular flexibility index (Phi) is 7.24. The largest absolute Gasteiger partial charge is 0.462 e. The predicted octanol–water partition coefficient (Wildman–Crippen LogP) is 4.26. The first-order chi connectivity index (χ1) is 13.1. The zero-order valence-corrected chi connectivity index (χ0v) is 18.0. The molecule has 0 aromatic heterocycles. The Morgan fingerprint density at radius 3 is 2.43 bits per heavy atom. The fourth-order valence-corrected chi connectivity index (χ4v) is 4.92. The SMILES string of the molecule is C=C1C(OC(=O)C=C(C)CC)CC(C(C)C)C2C1CC(=O)C2C(C)OC(C)=O. The van der Waals surface area contributed by atoms with Crippen molar-refractivity contribution in [2.45, 2.75) is 73.0 Å². The maximum Gasteiger partial charge on any atom is 0.331 e. The average molecular weight is 391 g/mol. The van der Waals surface area contributed by atoms with Gasteiger partial charge in [0.25, 0.3) is 0 Å². The molecule has 0 aliphatic heterocycles. The summed E-state index contributed by atoms with van der Waals surface area (Å²) in [6.45, 7) is 15.5. The van der Waals surface area contributed by atoms with Gasteiger partial charge in [-0.1, -0.05) is 32.9 Å². The molecule has 2 saturated carbocycles. The van der Waals surface area contributed by atoms with E-state index in [2.05, 4.69) is 20.4 Å². The third-order valence-electron chi connectivity index (χ3n) is 6.44. The summed E-state index contributed by atoms with van der Waals surface area (Å²) in [4.78, 5) is 36.6. The highest BCUT2D eigenvalue weighted by Gasteiger charge is 2.55. The van der Waals surface area contributed by atoms with Crippen LogP contribution in [-0.4, -0.2) is 29.9 Å². The second kappa shape index (κ2) is 9.06. The number of carbonyl (C=O) groups is 3. The van der Waals surface area contributed by atoms with Gasteiger partial charge in [-0.15, -0.1) is 0 Å². The summed E-state index contributed by atoms with van der Waals surface area (Å²) < 4.78 is 11.1. The molecule has 0 spiro atoms. The van der Waals surface area contributed by atoms with Gasteiger partial charge in [0.2, 0.25) is 0 Å². The van der Waals surface area contributed by atoms with Crippen molar-refractivity contribution in [1.82, 2.24) is 0 Å². The number of fused-ring (bicyclic) bond motifs is 1. The minimum Gasteiger partial charge on any atom is -0.462 e. The summed E-state index contributed by atoms with van der Waals surface area (Å²) >= 11 is 0. The van der Waals surface area contributed by atoms with E-state index in [-0.39, 0.29) is 47.5 Å². The molecule has 5 nitrogen and oxygen atoms in total. The lowest BCUT2D eigenvalue weighted by molar-refractivity contribution is -0.153. The summed E-state index contributed by atoms with van der Waals surface area (Å²) in [6, 6.07) is 0. The number of ether oxygens (including phenoxy) is 2. The van der Waals surface area contributed by atoms with E-state index in [1.165, 1.54) is 13.0 Å². The van der Waals surface area contributed by atoms with Crippen molar-refractivity contribution in [2.75, 3.05) is 0 Å². The molecular formula is C23H34O5. The summed E-state index contributed by atoms with van der Waals surface area (Å²) in [7, 11) is 0. The molecule has 5 heteroatoms. The van der Waals surface area contributed by atoms with Crippen LogP contribution in [0.3, 0.4) is 0 Å². The van der Waals surface area contributed by atoms with Crippen LogP contribution in [0, 0.1) is 29.6 Å². The van der Waals surface area contributed by atoms with Gasteiger partial charge in [0.15, 0.2) is 0 Å². The Morgan fingerprint density at radius 1 is 1.25 bits per heavy atom. The molecule has 0 N–H and O–H groups in total. The Labute approximate surface area is 168 Å². The first kappa shape index (κ1) is 22.4. The zero-order valence-electron chi connectivity index (χ0n) is 18.0. The van der Waals surface area contributed by atoms with E-state index in [4.69, 9.17) is 9.47 Å². The lowest BCUT2D eigenvalue weighted by Crippen LogP contribution is -2.44. The number of Topliss-reactive ketones (excluding diaryl/α,β-unsaturated/α-hetero) is 1. The summed E-state index contributed by atoms with van der Waals surface area (Å²) in [5, 5.41) is 0. The lowest BCUT2D eigenvalue weighted by atomic mass is 9.63. The fraction of sp³-hybridized carbons (Fsp3) is 0.696. The number of ketones is 1. The van der Waals surface area contributed by atoms with Gasteiger partial charge in [0.1, 0.15) is 18.0 Å². The standard InChI is InChI=1S/C23H34O5/c1-8-13(4)9-21(26)28-20-11-17(12(2)3)23-18(14(20)5)10-19(25)22(23)15(6)27-16(7)24/h9,12,15,17-18,20,22-23H,5,8,10-11H2,1-4,6-7H3. The fourth-order valence-electron chi connectivity index (χ4n) is 4.92. The monoisotopic (exact) mass is 390 g/mol. The molecule has 0 amide bonds. The van der Waals surface area contributed by atoms with Crippen molar-refractivity contribution < 1.29 is 23.9 Å². The molecule has 2 aliphatic carbocycles. The number of esters is 2. The topological polar surface area (TPSA) is 69.7 Å². The smallest absolute Gasteiger partial charge is 0.331 e. The highest BCUT2D eigenvalue weighted by Crippen LogP contribution is 2.53. The minimum atomic E-state index is -0.455. The molecule has 0 radical (unpaired) electrons. The molecule has 156 valence electrons. The molecule has 0 aromatic carbocycles. The van der Waals surface area contributed by atoms with E-state index >= 15 is 0 Å². The van der Waals surface area contributed by atoms with E-state index in [1.807, 2.05) is 13.8 Å². The summed E-state index contributed by atoms with van der Waals surface area (Å²) in [5.41, 5.74) is 1.79. The normalized spacial score (nSPS) is 31.5. The van der Waals surface area contributed by atoms with Gasteiger partial charge in [0, 0.05) is 19.4 Å². The molecule has 6 unspecified atom stereocenters. The molecule has 0 aromatic rings. The summed E-state index contributed by atoms with van der Waals surface area (Å²) in [6.07, 6.45) is 2.53. The molecule has 28 heavy (non-hydrogen) atoms. The van der Waals surface area contributed by atoms with E-state index < -0.39 is 6.10 Å². The molecule has 0 saturated heterocycles. The van der Waals surface area contributed by atoms with Crippen LogP contribution in [0.1, 0.15) is 60.8 Å². The van der Waals surface area contributed by atoms with Crippen LogP contribution in [0.4, 0.5) is 0 Å². The van der Waals surface area contributed by atoms with Crippen molar-refractivity contribution in [3.63, 3.8) is 0 Å². The number of rotatable bonds is 6. The van der Waals surface area contributed by atoms with Crippen LogP contribution in [-0.2, 0) is 23.9 Å². The van der Waals surface area contributed by atoms with Gasteiger partial charge >= 0.3 is 11.9 Å². The van der Waals surface area contributed by atoms with Crippen LogP contribution in [0.5, 0.6) is 0 Å². The average Bonchev–Trinajstić information content (AvgIpc) is 2.93. The Bertz CT molecular complexity index is 674. The second-order valence-electron chi connectivity index (χ2n) is 8.68. The maximum absolute atomic E-state index is 12.8. The molecule has 0 heterocycles. The van der Waals surface area contributed by atoms with Crippen LogP contribution in [0.25, 0.3) is 0 Å². The van der Waals surface area contributed by atoms with Crippen molar-refractivity contribution in [3.05, 3.63) is 23.8 Å². The Hall–Kier alpha value is -1.91. The van der Waals surface area contributed by atoms with Crippen molar-refractivity contribution >= 4 is 17.7 Å².